The van der Waals surface area contributed by atoms with Crippen molar-refractivity contribution in [2.24, 2.45) is 0 Å². The third-order valence-corrected chi connectivity index (χ3v) is 3.14. The summed E-state index contributed by atoms with van der Waals surface area (Å²) in [7, 11) is 0. The predicted molar refractivity (Wildman–Crippen MR) is 68.6 cm³/mol. The van der Waals surface area contributed by atoms with E-state index in [2.05, 4.69) is 6.58 Å². The van der Waals surface area contributed by atoms with Crippen LogP contribution in [0.5, 0.6) is 0 Å². The summed E-state index contributed by atoms with van der Waals surface area (Å²) < 4.78 is 0. The summed E-state index contributed by atoms with van der Waals surface area (Å²) in [5.74, 6) is 0. The second-order valence-corrected chi connectivity index (χ2v) is 4.50. The molecule has 2 rings (SSSR count). The van der Waals surface area contributed by atoms with Crippen LogP contribution in [0.25, 0.3) is 0 Å². The van der Waals surface area contributed by atoms with Gasteiger partial charge in [0.2, 0.25) is 0 Å². The molecule has 0 aromatic heterocycles. The molecule has 0 unspecified atom stereocenters. The fraction of sp³-hybridized carbons (Fsp3) is 0.429. The molecular weight excluding hydrogens is 230 g/mol. The molecule has 4 heteroatoms. The summed E-state index contributed by atoms with van der Waals surface area (Å²) in [5, 5.41) is 20.7. The molecule has 98 valence electrons. The molecule has 0 spiro atoms. The van der Waals surface area contributed by atoms with E-state index >= 15 is 0 Å². The number of hydrogen-bond acceptors (Lipinski definition) is 4. The summed E-state index contributed by atoms with van der Waals surface area (Å²) >= 11 is 0. The van der Waals surface area contributed by atoms with Gasteiger partial charge in [-0.2, -0.15) is 5.06 Å². The van der Waals surface area contributed by atoms with Gasteiger partial charge in [0, 0.05) is 6.54 Å². The van der Waals surface area contributed by atoms with E-state index in [0.29, 0.717) is 19.6 Å². The zero-order valence-corrected chi connectivity index (χ0v) is 10.3. The van der Waals surface area contributed by atoms with Crippen LogP contribution in [0.2, 0.25) is 0 Å². The first-order chi connectivity index (χ1) is 8.72. The third kappa shape index (κ3) is 2.97. The Balaban J connectivity index is 2.11. The molecule has 1 aliphatic heterocycles. The Hall–Kier alpha value is -1.20. The molecule has 0 saturated carbocycles. The summed E-state index contributed by atoms with van der Waals surface area (Å²) in [5.41, 5.74) is 2.00. The summed E-state index contributed by atoms with van der Waals surface area (Å²) in [4.78, 5) is 5.59. The van der Waals surface area contributed by atoms with E-state index in [-0.39, 0.29) is 12.6 Å². The predicted octanol–water partition coefficient (Wildman–Crippen LogP) is 1.10. The highest BCUT2D eigenvalue weighted by Crippen LogP contribution is 2.24. The van der Waals surface area contributed by atoms with Crippen molar-refractivity contribution in [2.75, 3.05) is 13.2 Å². The van der Waals surface area contributed by atoms with E-state index in [1.54, 1.807) is 5.06 Å². The fourth-order valence-electron chi connectivity index (χ4n) is 2.20. The lowest BCUT2D eigenvalue weighted by Gasteiger charge is -2.38. The molecule has 1 aromatic rings. The number of hydrogen-bond donors (Lipinski definition) is 2. The molecular formula is C14H19NO3. The van der Waals surface area contributed by atoms with Gasteiger partial charge in [-0.1, -0.05) is 42.5 Å². The van der Waals surface area contributed by atoms with Gasteiger partial charge in [-0.05, 0) is 12.0 Å². The van der Waals surface area contributed by atoms with Crippen molar-refractivity contribution in [3.05, 3.63) is 48.0 Å². The number of aliphatic hydroxyl groups is 2. The highest BCUT2D eigenvalue weighted by molar-refractivity contribution is 5.16. The first-order valence-corrected chi connectivity index (χ1v) is 6.12. The lowest BCUT2D eigenvalue weighted by atomic mass is 9.98. The van der Waals surface area contributed by atoms with Gasteiger partial charge in [0.05, 0.1) is 25.4 Å². The van der Waals surface area contributed by atoms with Crippen molar-refractivity contribution >= 4 is 0 Å². The monoisotopic (exact) mass is 249 g/mol. The smallest absolute Gasteiger partial charge is 0.0986 e. The van der Waals surface area contributed by atoms with E-state index in [1.807, 2.05) is 30.3 Å². The molecule has 0 radical (unpaired) electrons. The number of aliphatic hydroxyl groups excluding tert-OH is 2. The Morgan fingerprint density at radius 2 is 2.11 bits per heavy atom. The summed E-state index contributed by atoms with van der Waals surface area (Å²) in [6, 6.07) is 9.55. The third-order valence-electron chi connectivity index (χ3n) is 3.14. The van der Waals surface area contributed by atoms with Crippen LogP contribution in [-0.2, 0) is 11.4 Å². The Morgan fingerprint density at radius 1 is 1.39 bits per heavy atom. The average molecular weight is 249 g/mol. The molecule has 2 N–H and O–H groups in total. The van der Waals surface area contributed by atoms with Crippen LogP contribution in [-0.4, -0.2) is 40.6 Å². The molecule has 0 amide bonds. The van der Waals surface area contributed by atoms with Crippen molar-refractivity contribution in [3.8, 4) is 0 Å². The first kappa shape index (κ1) is 13.2. The van der Waals surface area contributed by atoms with Crippen LogP contribution in [0, 0.1) is 0 Å². The van der Waals surface area contributed by atoms with Gasteiger partial charge >= 0.3 is 0 Å². The van der Waals surface area contributed by atoms with E-state index in [1.165, 1.54) is 0 Å². The van der Waals surface area contributed by atoms with Crippen LogP contribution in [0.1, 0.15) is 12.0 Å². The van der Waals surface area contributed by atoms with Gasteiger partial charge in [0.1, 0.15) is 0 Å². The molecule has 1 aromatic carbocycles. The molecule has 1 saturated heterocycles. The number of rotatable bonds is 4. The fourth-order valence-corrected chi connectivity index (χ4v) is 2.20. The van der Waals surface area contributed by atoms with Crippen LogP contribution < -0.4 is 0 Å². The summed E-state index contributed by atoms with van der Waals surface area (Å²) in [6.45, 7) is 4.81. The van der Waals surface area contributed by atoms with Crippen molar-refractivity contribution in [1.82, 2.24) is 5.06 Å². The number of nitrogens with zero attached hydrogens (tertiary/aromatic N) is 1. The second-order valence-electron chi connectivity index (χ2n) is 4.50. The van der Waals surface area contributed by atoms with Gasteiger partial charge in [-0.3, -0.25) is 4.84 Å². The standard InChI is InChI=1S/C14H19NO3/c1-11-7-8-18-15(14(11)13(17)10-16)9-12-5-3-2-4-6-12/h2-6,13-14,16-17H,1,7-10H2/t13-,14-/m1/s1. The molecule has 0 bridgehead atoms. The molecule has 18 heavy (non-hydrogen) atoms. The largest absolute Gasteiger partial charge is 0.394 e. The van der Waals surface area contributed by atoms with E-state index in [0.717, 1.165) is 11.1 Å². The van der Waals surface area contributed by atoms with Gasteiger partial charge in [-0.15, -0.1) is 0 Å². The Kier molecular flexibility index (Phi) is 4.49. The Labute approximate surface area is 107 Å². The van der Waals surface area contributed by atoms with E-state index in [9.17, 15) is 5.11 Å². The number of benzene rings is 1. The quantitative estimate of drug-likeness (QED) is 0.785. The van der Waals surface area contributed by atoms with Gasteiger partial charge in [-0.25, -0.2) is 0 Å². The second kappa shape index (κ2) is 6.11. The minimum atomic E-state index is -0.860. The molecule has 1 heterocycles. The van der Waals surface area contributed by atoms with Crippen LogP contribution in [0.3, 0.4) is 0 Å². The first-order valence-electron chi connectivity index (χ1n) is 6.12. The van der Waals surface area contributed by atoms with E-state index in [4.69, 9.17) is 9.94 Å². The SMILES string of the molecule is C=C1CCON(Cc2ccccc2)[C@H]1[C@H](O)CO. The maximum atomic E-state index is 9.87. The maximum absolute atomic E-state index is 9.87. The highest BCUT2D eigenvalue weighted by Gasteiger charge is 2.32. The lowest BCUT2D eigenvalue weighted by molar-refractivity contribution is -0.221. The van der Waals surface area contributed by atoms with E-state index < -0.39 is 6.10 Å². The zero-order valence-electron chi connectivity index (χ0n) is 10.3. The molecule has 2 atom stereocenters. The van der Waals surface area contributed by atoms with Crippen LogP contribution >= 0.6 is 0 Å². The van der Waals surface area contributed by atoms with Crippen molar-refractivity contribution < 1.29 is 15.1 Å². The average Bonchev–Trinajstić information content (AvgIpc) is 2.39. The maximum Gasteiger partial charge on any atom is 0.0986 e. The summed E-state index contributed by atoms with van der Waals surface area (Å²) in [6.07, 6.45) is -0.144. The minimum Gasteiger partial charge on any atom is -0.394 e. The number of hydroxylamine groups is 2. The van der Waals surface area contributed by atoms with Gasteiger partial charge in [0.15, 0.2) is 0 Å². The van der Waals surface area contributed by atoms with Crippen molar-refractivity contribution in [1.29, 1.82) is 0 Å². The minimum absolute atomic E-state index is 0.293. The Bertz CT molecular complexity index is 393. The van der Waals surface area contributed by atoms with Crippen molar-refractivity contribution in [3.63, 3.8) is 0 Å². The molecule has 1 aliphatic rings. The molecule has 4 nitrogen and oxygen atoms in total. The molecule has 0 aliphatic carbocycles. The van der Waals surface area contributed by atoms with Crippen LogP contribution in [0.15, 0.2) is 42.5 Å². The Morgan fingerprint density at radius 3 is 2.78 bits per heavy atom. The molecule has 1 fully saturated rings. The topological polar surface area (TPSA) is 52.9 Å². The highest BCUT2D eigenvalue weighted by atomic mass is 16.7. The normalized spacial score (nSPS) is 23.0. The lowest BCUT2D eigenvalue weighted by Crippen LogP contribution is -2.48. The van der Waals surface area contributed by atoms with Gasteiger partial charge < -0.3 is 10.2 Å². The van der Waals surface area contributed by atoms with Gasteiger partial charge in [0.25, 0.3) is 0 Å². The van der Waals surface area contributed by atoms with Crippen molar-refractivity contribution in [2.45, 2.75) is 25.1 Å². The zero-order chi connectivity index (χ0) is 13.0. The van der Waals surface area contributed by atoms with Crippen LogP contribution in [0.4, 0.5) is 0 Å².